The summed E-state index contributed by atoms with van der Waals surface area (Å²) in [6, 6.07) is 12.8. The molecular weight excluding hydrogens is 382 g/mol. The fourth-order valence-corrected chi connectivity index (χ4v) is 2.76. The number of nitrogens with zero attached hydrogens (tertiary/aromatic N) is 2. The van der Waals surface area contributed by atoms with Crippen LogP contribution < -0.4 is 5.73 Å². The molecule has 0 aliphatic rings. The maximum atomic E-state index is 12.5. The number of hydrogen-bond acceptors (Lipinski definition) is 6. The molecule has 0 radical (unpaired) electrons. The number of halogens is 2. The molecule has 1 aromatic carbocycles. The highest BCUT2D eigenvalue weighted by molar-refractivity contribution is 5.90. The zero-order chi connectivity index (χ0) is 20.8. The quantitative estimate of drug-likeness (QED) is 0.466. The predicted octanol–water partition coefficient (Wildman–Crippen LogP) is 2.64. The summed E-state index contributed by atoms with van der Waals surface area (Å²) < 4.78 is 29.3. The molecule has 1 unspecified atom stereocenters. The van der Waals surface area contributed by atoms with Crippen LogP contribution in [0, 0.1) is 0 Å². The van der Waals surface area contributed by atoms with Gasteiger partial charge >= 0.3 is 18.4 Å². The summed E-state index contributed by atoms with van der Waals surface area (Å²) in [6.45, 7) is 0. The smallest absolute Gasteiger partial charge is 0.381 e. The van der Waals surface area contributed by atoms with Gasteiger partial charge in [0.1, 0.15) is 17.6 Å². The molecule has 0 fully saturated rings. The number of pyridine rings is 1. The molecule has 0 bridgehead atoms. The molecular formula is C20H18F2N4O3. The molecule has 0 aliphatic heterocycles. The first-order valence-corrected chi connectivity index (χ1v) is 8.74. The lowest BCUT2D eigenvalue weighted by Crippen LogP contribution is -2.26. The Morgan fingerprint density at radius 2 is 1.76 bits per heavy atom. The lowest BCUT2D eigenvalue weighted by atomic mass is 10.00. The maximum Gasteiger partial charge on any atom is 0.381 e. The van der Waals surface area contributed by atoms with Gasteiger partial charge in [-0.15, -0.1) is 0 Å². The number of nitrogens with two attached hydrogens (primary N) is 1. The average molecular weight is 400 g/mol. The van der Waals surface area contributed by atoms with Crippen molar-refractivity contribution in [3.05, 3.63) is 77.5 Å². The zero-order valence-corrected chi connectivity index (χ0v) is 15.2. The number of H-pyrrole nitrogens is 1. The standard InChI is InChI=1S/C20H18F2N4O3/c21-17(22)20(28)29-19(27)15(9-13-6-7-16(23)24-10-13)18-25-11-14(26-18)8-12-4-2-1-3-5-12/h1-7,10-11,15,17H,8-9H2,(H2,23,24)(H,25,26). The first-order chi connectivity index (χ1) is 13.9. The van der Waals surface area contributed by atoms with Crippen LogP contribution in [-0.4, -0.2) is 33.3 Å². The van der Waals surface area contributed by atoms with Gasteiger partial charge in [0.15, 0.2) is 0 Å². The van der Waals surface area contributed by atoms with E-state index in [-0.39, 0.29) is 12.2 Å². The number of aromatic nitrogens is 3. The Balaban J connectivity index is 1.82. The number of carbonyl (C=O) groups is 2. The van der Waals surface area contributed by atoms with Crippen LogP contribution in [0.25, 0.3) is 0 Å². The Morgan fingerprint density at radius 3 is 2.41 bits per heavy atom. The minimum Gasteiger partial charge on any atom is -0.388 e. The number of imidazole rings is 1. The van der Waals surface area contributed by atoms with Gasteiger partial charge in [-0.2, -0.15) is 8.78 Å². The lowest BCUT2D eigenvalue weighted by Gasteiger charge is -2.13. The van der Waals surface area contributed by atoms with Gasteiger partial charge < -0.3 is 15.5 Å². The second-order valence-corrected chi connectivity index (χ2v) is 6.34. The van der Waals surface area contributed by atoms with Crippen molar-refractivity contribution in [1.29, 1.82) is 0 Å². The Morgan fingerprint density at radius 1 is 1.00 bits per heavy atom. The third kappa shape index (κ3) is 5.44. The largest absolute Gasteiger partial charge is 0.388 e. The number of nitrogens with one attached hydrogen (secondary N) is 1. The molecule has 2 aromatic heterocycles. The third-order valence-electron chi connectivity index (χ3n) is 4.17. The average Bonchev–Trinajstić information content (AvgIpc) is 3.16. The van der Waals surface area contributed by atoms with Gasteiger partial charge in [-0.1, -0.05) is 36.4 Å². The molecule has 0 saturated heterocycles. The van der Waals surface area contributed by atoms with E-state index in [1.165, 1.54) is 6.20 Å². The Hall–Kier alpha value is -3.62. The Labute approximate surface area is 164 Å². The van der Waals surface area contributed by atoms with Gasteiger partial charge in [-0.25, -0.2) is 14.8 Å². The third-order valence-corrected chi connectivity index (χ3v) is 4.17. The summed E-state index contributed by atoms with van der Waals surface area (Å²) in [5, 5.41) is 0. The summed E-state index contributed by atoms with van der Waals surface area (Å²) >= 11 is 0. The highest BCUT2D eigenvalue weighted by atomic mass is 19.3. The van der Waals surface area contributed by atoms with Crippen LogP contribution in [0.5, 0.6) is 0 Å². The van der Waals surface area contributed by atoms with E-state index in [4.69, 9.17) is 5.73 Å². The predicted molar refractivity (Wildman–Crippen MR) is 100 cm³/mol. The van der Waals surface area contributed by atoms with Gasteiger partial charge in [-0.05, 0) is 23.6 Å². The minimum absolute atomic E-state index is 0.0426. The number of anilines is 1. The normalized spacial score (nSPS) is 12.0. The van der Waals surface area contributed by atoms with Crippen molar-refractivity contribution in [3.8, 4) is 0 Å². The van der Waals surface area contributed by atoms with Crippen molar-refractivity contribution in [1.82, 2.24) is 15.0 Å². The number of ether oxygens (including phenoxy) is 1. The lowest BCUT2D eigenvalue weighted by molar-refractivity contribution is -0.168. The second kappa shape index (κ2) is 9.05. The molecule has 3 aromatic rings. The zero-order valence-electron chi connectivity index (χ0n) is 15.2. The monoisotopic (exact) mass is 400 g/mol. The summed E-state index contributed by atoms with van der Waals surface area (Å²) in [5.74, 6) is -3.60. The number of aromatic amines is 1. The van der Waals surface area contributed by atoms with E-state index in [1.807, 2.05) is 30.3 Å². The van der Waals surface area contributed by atoms with Crippen LogP contribution >= 0.6 is 0 Å². The van der Waals surface area contributed by atoms with E-state index >= 15 is 0 Å². The summed E-state index contributed by atoms with van der Waals surface area (Å²) in [6.07, 6.45) is 0.190. The van der Waals surface area contributed by atoms with E-state index in [0.717, 1.165) is 11.3 Å². The first kappa shape index (κ1) is 20.1. The van der Waals surface area contributed by atoms with Crippen LogP contribution in [0.1, 0.15) is 28.6 Å². The molecule has 3 N–H and O–H groups in total. The topological polar surface area (TPSA) is 111 Å². The number of carbonyl (C=O) groups excluding carboxylic acids is 2. The second-order valence-electron chi connectivity index (χ2n) is 6.34. The summed E-state index contributed by atoms with van der Waals surface area (Å²) in [7, 11) is 0. The SMILES string of the molecule is Nc1ccc(CC(C(=O)OC(=O)C(F)F)c2ncc(Cc3ccccc3)[nH]2)cn1. The molecule has 3 rings (SSSR count). The number of alkyl halides is 2. The number of rotatable bonds is 7. The molecule has 29 heavy (non-hydrogen) atoms. The molecule has 150 valence electrons. The molecule has 0 saturated carbocycles. The molecule has 0 amide bonds. The Bertz CT molecular complexity index is 975. The fraction of sp³-hybridized carbons (Fsp3) is 0.200. The van der Waals surface area contributed by atoms with Gasteiger partial charge in [-0.3, -0.25) is 4.79 Å². The van der Waals surface area contributed by atoms with Crippen LogP contribution in [0.15, 0.2) is 54.9 Å². The van der Waals surface area contributed by atoms with Crippen molar-refractivity contribution >= 4 is 17.8 Å². The highest BCUT2D eigenvalue weighted by Crippen LogP contribution is 2.22. The molecule has 1 atom stereocenters. The fourth-order valence-electron chi connectivity index (χ4n) is 2.76. The van der Waals surface area contributed by atoms with Crippen molar-refractivity contribution < 1.29 is 23.1 Å². The minimum atomic E-state index is -3.40. The first-order valence-electron chi connectivity index (χ1n) is 8.74. The highest BCUT2D eigenvalue weighted by Gasteiger charge is 2.30. The molecule has 2 heterocycles. The molecule has 0 aliphatic carbocycles. The van der Waals surface area contributed by atoms with Crippen LogP contribution in [0.4, 0.5) is 14.6 Å². The van der Waals surface area contributed by atoms with Gasteiger partial charge in [0.2, 0.25) is 0 Å². The van der Waals surface area contributed by atoms with Crippen molar-refractivity contribution in [3.63, 3.8) is 0 Å². The van der Waals surface area contributed by atoms with Gasteiger partial charge in [0.25, 0.3) is 0 Å². The Kier molecular flexibility index (Phi) is 6.28. The van der Waals surface area contributed by atoms with Crippen molar-refractivity contribution in [2.45, 2.75) is 25.2 Å². The van der Waals surface area contributed by atoms with Gasteiger partial charge in [0.05, 0.1) is 0 Å². The van der Waals surface area contributed by atoms with E-state index in [0.29, 0.717) is 17.8 Å². The molecule has 7 nitrogen and oxygen atoms in total. The van der Waals surface area contributed by atoms with Crippen LogP contribution in [0.2, 0.25) is 0 Å². The van der Waals surface area contributed by atoms with Gasteiger partial charge in [0, 0.05) is 24.5 Å². The van der Waals surface area contributed by atoms with E-state index in [9.17, 15) is 18.4 Å². The number of esters is 2. The van der Waals surface area contributed by atoms with Crippen molar-refractivity contribution in [2.24, 2.45) is 0 Å². The summed E-state index contributed by atoms with van der Waals surface area (Å²) in [5.41, 5.74) is 7.91. The van der Waals surface area contributed by atoms with E-state index in [1.54, 1.807) is 18.3 Å². The van der Waals surface area contributed by atoms with Crippen LogP contribution in [-0.2, 0) is 27.2 Å². The van der Waals surface area contributed by atoms with E-state index < -0.39 is 24.3 Å². The van der Waals surface area contributed by atoms with E-state index in [2.05, 4.69) is 19.7 Å². The maximum absolute atomic E-state index is 12.5. The van der Waals surface area contributed by atoms with Crippen molar-refractivity contribution in [2.75, 3.05) is 5.73 Å². The number of nitrogen functional groups attached to an aromatic ring is 1. The molecule has 0 spiro atoms. The molecule has 9 heteroatoms. The number of hydrogen-bond donors (Lipinski definition) is 2. The summed E-state index contributed by atoms with van der Waals surface area (Å²) in [4.78, 5) is 34.8. The van der Waals surface area contributed by atoms with Crippen LogP contribution in [0.3, 0.4) is 0 Å². The number of benzene rings is 1.